The van der Waals surface area contributed by atoms with Gasteiger partial charge in [-0.3, -0.25) is 0 Å². The molecule has 3 aromatic heterocycles. The fraction of sp³-hybridized carbons (Fsp3) is 0.312. The molecule has 0 amide bonds. The number of halogens is 3. The van der Waals surface area contributed by atoms with Gasteiger partial charge in [0.1, 0.15) is 17.5 Å². The number of hydrogen-bond acceptors (Lipinski definition) is 5. The van der Waals surface area contributed by atoms with Crippen LogP contribution in [0.5, 0.6) is 0 Å². The molecule has 0 atom stereocenters. The minimum Gasteiger partial charge on any atom is -0.342 e. The molecule has 0 aliphatic heterocycles. The Kier molecular flexibility index (Phi) is 3.75. The van der Waals surface area contributed by atoms with Gasteiger partial charge in [-0.05, 0) is 31.5 Å². The fourth-order valence-corrected chi connectivity index (χ4v) is 2.89. The first-order valence-electron chi connectivity index (χ1n) is 8.07. The smallest absolute Gasteiger partial charge is 0.342 e. The number of aromatic nitrogens is 8. The van der Waals surface area contributed by atoms with Crippen LogP contribution in [0.1, 0.15) is 28.9 Å². The van der Waals surface area contributed by atoms with Crippen molar-refractivity contribution in [2.75, 3.05) is 0 Å². The van der Waals surface area contributed by atoms with E-state index in [1.807, 2.05) is 25.1 Å². The van der Waals surface area contributed by atoms with E-state index in [2.05, 4.69) is 30.1 Å². The third kappa shape index (κ3) is 3.15. The van der Waals surface area contributed by atoms with Gasteiger partial charge in [-0.25, -0.2) is 14.6 Å². The molecule has 3 heterocycles. The zero-order chi connectivity index (χ0) is 19.3. The highest BCUT2D eigenvalue weighted by Crippen LogP contribution is 2.27. The van der Waals surface area contributed by atoms with E-state index >= 15 is 0 Å². The monoisotopic (exact) mass is 376 g/mol. The maximum atomic E-state index is 12.9. The van der Waals surface area contributed by atoms with E-state index in [9.17, 15) is 13.2 Å². The molecule has 4 rings (SSSR count). The number of fused-ring (bicyclic) bond motifs is 1. The second-order valence-corrected chi connectivity index (χ2v) is 6.19. The van der Waals surface area contributed by atoms with Crippen LogP contribution in [0, 0.1) is 13.8 Å². The number of hydrogen-bond donors (Lipinski definition) is 1. The van der Waals surface area contributed by atoms with Crippen LogP contribution in [0.4, 0.5) is 13.2 Å². The van der Waals surface area contributed by atoms with Gasteiger partial charge in [-0.2, -0.15) is 22.8 Å². The summed E-state index contributed by atoms with van der Waals surface area (Å²) in [6.45, 7) is 3.54. The number of aromatic amines is 1. The van der Waals surface area contributed by atoms with Crippen molar-refractivity contribution in [2.45, 2.75) is 26.4 Å². The van der Waals surface area contributed by atoms with Crippen molar-refractivity contribution in [1.29, 1.82) is 0 Å². The maximum absolute atomic E-state index is 12.9. The van der Waals surface area contributed by atoms with Crippen molar-refractivity contribution in [1.82, 2.24) is 39.5 Å². The lowest BCUT2D eigenvalue weighted by molar-refractivity contribution is -0.144. The second kappa shape index (κ2) is 5.89. The van der Waals surface area contributed by atoms with Gasteiger partial charge >= 0.3 is 6.18 Å². The molecule has 0 unspecified atom stereocenters. The minimum absolute atomic E-state index is 0.0450. The second-order valence-electron chi connectivity index (χ2n) is 6.19. The molecule has 27 heavy (non-hydrogen) atoms. The van der Waals surface area contributed by atoms with Gasteiger partial charge in [0.2, 0.25) is 0 Å². The first-order chi connectivity index (χ1) is 12.7. The molecule has 1 N–H and O–H groups in total. The van der Waals surface area contributed by atoms with Gasteiger partial charge in [0.05, 0.1) is 11.0 Å². The van der Waals surface area contributed by atoms with Crippen LogP contribution in [0.3, 0.4) is 0 Å². The zero-order valence-corrected chi connectivity index (χ0v) is 14.7. The Balaban J connectivity index is 1.73. The Morgan fingerprint density at radius 2 is 1.85 bits per heavy atom. The van der Waals surface area contributed by atoms with E-state index in [-0.39, 0.29) is 5.95 Å². The highest BCUT2D eigenvalue weighted by atomic mass is 19.4. The van der Waals surface area contributed by atoms with Crippen LogP contribution < -0.4 is 0 Å². The lowest BCUT2D eigenvalue weighted by atomic mass is 10.1. The number of rotatable bonds is 3. The van der Waals surface area contributed by atoms with Crippen molar-refractivity contribution in [3.63, 3.8) is 0 Å². The van der Waals surface area contributed by atoms with Crippen molar-refractivity contribution in [3.8, 4) is 5.95 Å². The Morgan fingerprint density at radius 3 is 2.56 bits per heavy atom. The number of H-pyrrole nitrogens is 1. The van der Waals surface area contributed by atoms with E-state index in [0.717, 1.165) is 27.1 Å². The van der Waals surface area contributed by atoms with Gasteiger partial charge in [-0.1, -0.05) is 6.07 Å². The van der Waals surface area contributed by atoms with Gasteiger partial charge < -0.3 is 4.98 Å². The highest BCUT2D eigenvalue weighted by Gasteiger charge is 2.37. The summed E-state index contributed by atoms with van der Waals surface area (Å²) in [5, 5.41) is 7.63. The maximum Gasteiger partial charge on any atom is 0.453 e. The molecule has 0 spiro atoms. The molecule has 0 saturated heterocycles. The highest BCUT2D eigenvalue weighted by molar-refractivity contribution is 5.75. The van der Waals surface area contributed by atoms with E-state index in [0.29, 0.717) is 18.1 Å². The first kappa shape index (κ1) is 17.2. The average Bonchev–Trinajstić information content (AvgIpc) is 3.22. The lowest BCUT2D eigenvalue weighted by Gasteiger charge is -2.05. The molecule has 11 heteroatoms. The minimum atomic E-state index is -4.63. The number of nitrogens with one attached hydrogen (secondary N) is 1. The topological polar surface area (TPSA) is 90.1 Å². The molecule has 0 saturated carbocycles. The average molecular weight is 376 g/mol. The molecule has 8 nitrogen and oxygen atoms in total. The summed E-state index contributed by atoms with van der Waals surface area (Å²) in [7, 11) is 1.39. The Hall–Kier alpha value is -3.24. The summed E-state index contributed by atoms with van der Waals surface area (Å²) in [4.78, 5) is 15.4. The number of benzene rings is 1. The predicted molar refractivity (Wildman–Crippen MR) is 89.3 cm³/mol. The Bertz CT molecular complexity index is 1130. The normalized spacial score (nSPS) is 12.2. The number of nitrogens with zero attached hydrogens (tertiary/aromatic N) is 7. The van der Waals surface area contributed by atoms with Crippen LogP contribution in [0.2, 0.25) is 0 Å². The molecule has 0 bridgehead atoms. The summed E-state index contributed by atoms with van der Waals surface area (Å²) >= 11 is 0. The zero-order valence-electron chi connectivity index (χ0n) is 14.7. The van der Waals surface area contributed by atoms with Crippen molar-refractivity contribution in [3.05, 3.63) is 47.1 Å². The van der Waals surface area contributed by atoms with Crippen LogP contribution in [0.15, 0.2) is 18.2 Å². The van der Waals surface area contributed by atoms with Crippen LogP contribution in [-0.4, -0.2) is 39.5 Å². The standard InChI is InChI=1S/C16H15F3N8/c1-8-20-11-5-4-10(6-12(11)21-8)7-13-22-9(2)24-27(13)15-23-14(16(17,18)19)25-26(15)3/h4-6H,7H2,1-3H3,(H,20,21). The fourth-order valence-electron chi connectivity index (χ4n) is 2.89. The predicted octanol–water partition coefficient (Wildman–Crippen LogP) is 2.50. The third-order valence-electron chi connectivity index (χ3n) is 3.99. The lowest BCUT2D eigenvalue weighted by Crippen LogP contribution is -2.10. The molecular weight excluding hydrogens is 361 g/mol. The summed E-state index contributed by atoms with van der Waals surface area (Å²) in [6.07, 6.45) is -4.27. The molecule has 0 fully saturated rings. The molecule has 0 aliphatic carbocycles. The Morgan fingerprint density at radius 1 is 1.07 bits per heavy atom. The van der Waals surface area contributed by atoms with E-state index < -0.39 is 12.0 Å². The summed E-state index contributed by atoms with van der Waals surface area (Å²) in [5.74, 6) is 0.442. The quantitative estimate of drug-likeness (QED) is 0.593. The largest absolute Gasteiger partial charge is 0.453 e. The number of aryl methyl sites for hydroxylation is 3. The Labute approximate surface area is 151 Å². The van der Waals surface area contributed by atoms with Gasteiger partial charge in [0.25, 0.3) is 11.8 Å². The molecule has 4 aromatic rings. The third-order valence-corrected chi connectivity index (χ3v) is 3.99. The van der Waals surface area contributed by atoms with E-state index in [1.54, 1.807) is 6.92 Å². The van der Waals surface area contributed by atoms with Crippen molar-refractivity contribution in [2.24, 2.45) is 7.05 Å². The molecule has 0 aliphatic rings. The summed E-state index contributed by atoms with van der Waals surface area (Å²) in [5.41, 5.74) is 2.64. The molecule has 1 aromatic carbocycles. The van der Waals surface area contributed by atoms with Crippen molar-refractivity contribution < 1.29 is 13.2 Å². The van der Waals surface area contributed by atoms with E-state index in [4.69, 9.17) is 0 Å². The SMILES string of the molecule is Cc1nc(Cc2ccc3nc(C)[nH]c3c2)n(-c2nc(C(F)(F)F)nn2C)n1. The first-order valence-corrected chi connectivity index (χ1v) is 8.07. The number of imidazole rings is 1. The van der Waals surface area contributed by atoms with Crippen LogP contribution in [0.25, 0.3) is 17.0 Å². The number of alkyl halides is 3. The molecule has 140 valence electrons. The summed E-state index contributed by atoms with van der Waals surface area (Å²) in [6, 6.07) is 5.71. The van der Waals surface area contributed by atoms with Gasteiger partial charge in [-0.15, -0.1) is 10.2 Å². The van der Waals surface area contributed by atoms with Crippen LogP contribution >= 0.6 is 0 Å². The van der Waals surface area contributed by atoms with Gasteiger partial charge in [0, 0.05) is 13.5 Å². The molecular formula is C16H15F3N8. The summed E-state index contributed by atoms with van der Waals surface area (Å²) < 4.78 is 41.1. The molecule has 0 radical (unpaired) electrons. The van der Waals surface area contributed by atoms with E-state index in [1.165, 1.54) is 11.7 Å². The van der Waals surface area contributed by atoms with Crippen molar-refractivity contribution >= 4 is 11.0 Å². The van der Waals surface area contributed by atoms with Gasteiger partial charge in [0.15, 0.2) is 0 Å². The van der Waals surface area contributed by atoms with Crippen LogP contribution in [-0.2, 0) is 19.6 Å².